The SMILES string of the molecule is Cc1c(-c2ccccc2)c(-n2c3ccc(-c4ccccc4)cc3n3c4cc(-c5ccccc5)ccc4cc23)cc(C2c3ccc(-c4ccccc4)cc3-n3c2nc2ccc(-c4ccccc4)cc23)c1-n1c2ccc(C(C)(C)C)cc2c2cc(C(C)(C)C)ccc21. The van der Waals surface area contributed by atoms with Gasteiger partial charge in [0.1, 0.15) is 11.5 Å². The molecule has 1 aliphatic heterocycles. The van der Waals surface area contributed by atoms with Crippen molar-refractivity contribution in [3.8, 4) is 72.7 Å². The monoisotopic (exact) mass is 1160 g/mol. The summed E-state index contributed by atoms with van der Waals surface area (Å²) in [6, 6.07) is 102. The second kappa shape index (κ2) is 20.1. The fourth-order valence-electron chi connectivity index (χ4n) is 14.8. The van der Waals surface area contributed by atoms with Crippen molar-refractivity contribution in [3.63, 3.8) is 0 Å². The minimum absolute atomic E-state index is 0.0709. The lowest BCUT2D eigenvalue weighted by atomic mass is 9.84. The topological polar surface area (TPSA) is 32.1 Å². The van der Waals surface area contributed by atoms with Gasteiger partial charge in [0.15, 0.2) is 0 Å². The van der Waals surface area contributed by atoms with Crippen LogP contribution in [0.1, 0.15) is 81.1 Å². The van der Waals surface area contributed by atoms with Crippen LogP contribution in [0.3, 0.4) is 0 Å². The van der Waals surface area contributed by atoms with Crippen LogP contribution in [-0.4, -0.2) is 23.1 Å². The fourth-order valence-corrected chi connectivity index (χ4v) is 14.8. The van der Waals surface area contributed by atoms with Crippen LogP contribution in [0.4, 0.5) is 0 Å². The summed E-state index contributed by atoms with van der Waals surface area (Å²) < 4.78 is 10.2. The third-order valence-electron chi connectivity index (χ3n) is 19.3. The maximum Gasteiger partial charge on any atom is 0.126 e. The van der Waals surface area contributed by atoms with Crippen molar-refractivity contribution < 1.29 is 0 Å². The molecular formula is C85H67N5. The van der Waals surface area contributed by atoms with Crippen molar-refractivity contribution in [2.75, 3.05) is 0 Å². The van der Waals surface area contributed by atoms with Crippen molar-refractivity contribution >= 4 is 60.4 Å². The molecule has 5 heterocycles. The van der Waals surface area contributed by atoms with Crippen LogP contribution in [0.2, 0.25) is 0 Å². The molecule has 0 saturated heterocycles. The number of aromatic nitrogens is 5. The Morgan fingerprint density at radius 3 is 1.34 bits per heavy atom. The molecule has 0 spiro atoms. The Morgan fingerprint density at radius 2 is 0.800 bits per heavy atom. The maximum absolute atomic E-state index is 5.87. The zero-order chi connectivity index (χ0) is 60.7. The first-order valence-electron chi connectivity index (χ1n) is 31.6. The van der Waals surface area contributed by atoms with E-state index in [-0.39, 0.29) is 16.7 Å². The van der Waals surface area contributed by atoms with E-state index in [2.05, 4.69) is 340 Å². The Hall–Kier alpha value is -10.8. The first-order chi connectivity index (χ1) is 43.8. The van der Waals surface area contributed by atoms with E-state index < -0.39 is 0 Å². The van der Waals surface area contributed by atoms with Gasteiger partial charge in [-0.05, 0) is 168 Å². The van der Waals surface area contributed by atoms with Gasteiger partial charge in [-0.15, -0.1) is 0 Å². The van der Waals surface area contributed by atoms with Gasteiger partial charge >= 0.3 is 0 Å². The van der Waals surface area contributed by atoms with Gasteiger partial charge in [-0.1, -0.05) is 242 Å². The van der Waals surface area contributed by atoms with Gasteiger partial charge in [0.05, 0.1) is 61.6 Å². The van der Waals surface area contributed by atoms with E-state index in [1.54, 1.807) is 0 Å². The highest BCUT2D eigenvalue weighted by Crippen LogP contribution is 2.52. The Balaban J connectivity index is 1.04. The van der Waals surface area contributed by atoms with Gasteiger partial charge in [0.25, 0.3) is 0 Å². The van der Waals surface area contributed by atoms with Crippen molar-refractivity contribution in [1.29, 1.82) is 0 Å². The van der Waals surface area contributed by atoms with E-state index >= 15 is 0 Å². The normalized spacial score (nSPS) is 13.4. The van der Waals surface area contributed by atoms with Crippen molar-refractivity contribution in [2.24, 2.45) is 0 Å². The molecule has 17 rings (SSSR count). The number of benzene rings is 12. The highest BCUT2D eigenvalue weighted by molar-refractivity contribution is 6.11. The molecule has 12 aromatic carbocycles. The molecule has 90 heavy (non-hydrogen) atoms. The molecule has 0 fully saturated rings. The summed E-state index contributed by atoms with van der Waals surface area (Å²) in [4.78, 5) is 5.87. The number of hydrogen-bond acceptors (Lipinski definition) is 1. The molecule has 5 nitrogen and oxygen atoms in total. The van der Waals surface area contributed by atoms with E-state index in [0.29, 0.717) is 0 Å². The van der Waals surface area contributed by atoms with Crippen molar-refractivity contribution in [3.05, 3.63) is 307 Å². The zero-order valence-corrected chi connectivity index (χ0v) is 51.8. The Morgan fingerprint density at radius 1 is 0.333 bits per heavy atom. The molecule has 4 aromatic heterocycles. The molecule has 1 aliphatic rings. The Kier molecular flexibility index (Phi) is 12.0. The lowest BCUT2D eigenvalue weighted by Crippen LogP contribution is -2.13. The lowest BCUT2D eigenvalue weighted by molar-refractivity contribution is 0.590. The molecule has 1 unspecified atom stereocenters. The number of rotatable bonds is 8. The Labute approximate surface area is 525 Å². The van der Waals surface area contributed by atoms with E-state index in [1.165, 1.54) is 94.0 Å². The van der Waals surface area contributed by atoms with Crippen LogP contribution in [0, 0.1) is 6.92 Å². The smallest absolute Gasteiger partial charge is 0.126 e. The molecule has 1 atom stereocenters. The van der Waals surface area contributed by atoms with Crippen molar-refractivity contribution in [2.45, 2.75) is 65.2 Å². The number of imidazole rings is 2. The average molecular weight is 1160 g/mol. The van der Waals surface area contributed by atoms with E-state index in [9.17, 15) is 0 Å². The van der Waals surface area contributed by atoms with Crippen LogP contribution < -0.4 is 0 Å². The van der Waals surface area contributed by atoms with Crippen LogP contribution in [0.5, 0.6) is 0 Å². The maximum atomic E-state index is 5.87. The zero-order valence-electron chi connectivity index (χ0n) is 51.8. The van der Waals surface area contributed by atoms with E-state index in [1.807, 2.05) is 0 Å². The molecule has 0 radical (unpaired) electrons. The van der Waals surface area contributed by atoms with Gasteiger partial charge in [-0.2, -0.15) is 0 Å². The van der Waals surface area contributed by atoms with Crippen LogP contribution in [0.25, 0.3) is 133 Å². The predicted octanol–water partition coefficient (Wildman–Crippen LogP) is 22.2. The van der Waals surface area contributed by atoms with Crippen LogP contribution in [0.15, 0.2) is 273 Å². The van der Waals surface area contributed by atoms with Crippen LogP contribution >= 0.6 is 0 Å². The van der Waals surface area contributed by atoms with Gasteiger partial charge < -0.3 is 4.57 Å². The molecule has 0 N–H and O–H groups in total. The van der Waals surface area contributed by atoms with E-state index in [0.717, 1.165) is 72.8 Å². The second-order valence-electron chi connectivity index (χ2n) is 26.8. The second-order valence-corrected chi connectivity index (χ2v) is 26.8. The summed E-state index contributed by atoms with van der Waals surface area (Å²) in [5, 5.41) is 3.68. The molecule has 5 heteroatoms. The standard InChI is InChI=1S/C85H67N5/c1-53-80(58-31-21-12-22-32-58)78(87-73-42-37-62(57-29-19-11-20-30-57)48-77(73)88-74-45-59(54-23-13-8-14-24-54)33-34-63(74)49-79(87)88)52-69(82(53)89-71-43-38-64(84(2,3)4)50-67(71)68-51-65(85(5,6)7)39-44-72(68)89)81-66-40-35-60(55-25-15-9-16-26-55)46-75(66)90-76-47-61(56-27-17-10-18-28-56)36-41-70(76)86-83(81)90/h8-52,81H,1-7H3. The highest BCUT2D eigenvalue weighted by Gasteiger charge is 2.39. The minimum Gasteiger partial charge on any atom is -0.309 e. The molecule has 432 valence electrons. The molecular weight excluding hydrogens is 1090 g/mol. The largest absolute Gasteiger partial charge is 0.309 e. The fraction of sp³-hybridized carbons (Fsp3) is 0.118. The third kappa shape index (κ3) is 8.40. The van der Waals surface area contributed by atoms with Crippen molar-refractivity contribution in [1.82, 2.24) is 23.1 Å². The quantitative estimate of drug-likeness (QED) is 0.149. The van der Waals surface area contributed by atoms with Gasteiger partial charge in [0, 0.05) is 21.7 Å². The summed E-state index contributed by atoms with van der Waals surface area (Å²) in [6.45, 7) is 16.4. The summed E-state index contributed by atoms with van der Waals surface area (Å²) in [6.07, 6.45) is 0. The highest BCUT2D eigenvalue weighted by atomic mass is 15.1. The average Bonchev–Trinajstić information content (AvgIpc) is 1.53. The molecule has 0 bridgehead atoms. The van der Waals surface area contributed by atoms with Crippen LogP contribution in [-0.2, 0) is 10.8 Å². The number of nitrogens with zero attached hydrogens (tertiary/aromatic N) is 5. The minimum atomic E-state index is -0.313. The molecule has 16 aromatic rings. The Bertz CT molecular complexity index is 5460. The molecule has 0 saturated carbocycles. The molecule has 0 aliphatic carbocycles. The van der Waals surface area contributed by atoms with Gasteiger partial charge in [-0.3, -0.25) is 13.5 Å². The molecule has 0 amide bonds. The lowest BCUT2D eigenvalue weighted by Gasteiger charge is -2.27. The first kappa shape index (κ1) is 53.5. The first-order valence-corrected chi connectivity index (χ1v) is 31.6. The predicted molar refractivity (Wildman–Crippen MR) is 377 cm³/mol. The summed E-state index contributed by atoms with van der Waals surface area (Å²) >= 11 is 0. The summed E-state index contributed by atoms with van der Waals surface area (Å²) in [5.74, 6) is 0.684. The number of fused-ring (bicyclic) bond motifs is 13. The van der Waals surface area contributed by atoms with E-state index in [4.69, 9.17) is 4.98 Å². The number of hydrogen-bond donors (Lipinski definition) is 0. The third-order valence-corrected chi connectivity index (χ3v) is 19.3. The van der Waals surface area contributed by atoms with Gasteiger partial charge in [0.2, 0.25) is 0 Å². The van der Waals surface area contributed by atoms with Gasteiger partial charge in [-0.25, -0.2) is 4.98 Å². The summed E-state index contributed by atoms with van der Waals surface area (Å²) in [7, 11) is 0. The summed E-state index contributed by atoms with van der Waals surface area (Å²) in [5.41, 5.74) is 30.1.